The number of carbonyl (C=O) groups is 1. The van der Waals surface area contributed by atoms with Crippen molar-refractivity contribution in [2.75, 3.05) is 7.11 Å². The van der Waals surface area contributed by atoms with Gasteiger partial charge in [-0.05, 0) is 134 Å². The highest BCUT2D eigenvalue weighted by Crippen LogP contribution is 2.24. The van der Waals surface area contributed by atoms with Crippen molar-refractivity contribution in [3.63, 3.8) is 0 Å². The lowest BCUT2D eigenvalue weighted by molar-refractivity contribution is 0.103. The normalized spacial score (nSPS) is 9.48. The lowest BCUT2D eigenvalue weighted by Gasteiger charge is -2.06. The number of ether oxygens (including phenoxy) is 3. The highest BCUT2D eigenvalue weighted by molar-refractivity contribution is 6.09. The van der Waals surface area contributed by atoms with Crippen molar-refractivity contribution in [3.8, 4) is 28.7 Å². The highest BCUT2D eigenvalue weighted by atomic mass is 16.5. The van der Waals surface area contributed by atoms with Crippen LogP contribution in [0.5, 0.6) is 28.7 Å². The molecular formula is C73H82O4. The van der Waals surface area contributed by atoms with E-state index in [1.54, 1.807) is 7.11 Å². The third kappa shape index (κ3) is 25.1. The van der Waals surface area contributed by atoms with Gasteiger partial charge in [-0.25, -0.2) is 0 Å². The Balaban J connectivity index is 0.000000245. The molecule has 0 aromatic heterocycles. The number of ketones is 1. The maximum Gasteiger partial charge on any atom is 0.193 e. The number of hydrogen-bond acceptors (Lipinski definition) is 4. The van der Waals surface area contributed by atoms with Crippen molar-refractivity contribution in [2.24, 2.45) is 0 Å². The van der Waals surface area contributed by atoms with Crippen molar-refractivity contribution in [1.82, 2.24) is 0 Å². The lowest BCUT2D eigenvalue weighted by atomic mass is 10.0. The Kier molecular flexibility index (Phi) is 29.1. The van der Waals surface area contributed by atoms with Crippen molar-refractivity contribution in [2.45, 2.75) is 90.0 Å². The first-order valence-corrected chi connectivity index (χ1v) is 26.6. The van der Waals surface area contributed by atoms with E-state index in [4.69, 9.17) is 14.2 Å². The van der Waals surface area contributed by atoms with Crippen molar-refractivity contribution in [1.29, 1.82) is 0 Å². The van der Waals surface area contributed by atoms with E-state index in [2.05, 4.69) is 146 Å². The maximum absolute atomic E-state index is 12.1. The van der Waals surface area contributed by atoms with Crippen molar-refractivity contribution < 1.29 is 19.0 Å². The summed E-state index contributed by atoms with van der Waals surface area (Å²) in [5.74, 6) is 4.32. The molecule has 0 spiro atoms. The molecule has 0 saturated carbocycles. The summed E-state index contributed by atoms with van der Waals surface area (Å²) in [6.07, 6.45) is 0. The molecule has 0 saturated heterocycles. The maximum atomic E-state index is 12.1. The van der Waals surface area contributed by atoms with Gasteiger partial charge in [0, 0.05) is 11.1 Å². The molecule has 0 atom stereocenters. The van der Waals surface area contributed by atoms with Crippen LogP contribution in [0.4, 0.5) is 0 Å². The van der Waals surface area contributed by atoms with Crippen molar-refractivity contribution in [3.05, 3.63) is 304 Å². The molecule has 0 bridgehead atoms. The van der Waals surface area contributed by atoms with Gasteiger partial charge < -0.3 is 14.2 Å². The summed E-state index contributed by atoms with van der Waals surface area (Å²) in [5, 5.41) is 2.62. The van der Waals surface area contributed by atoms with Crippen LogP contribution in [0.3, 0.4) is 0 Å². The van der Waals surface area contributed by atoms with Gasteiger partial charge >= 0.3 is 0 Å². The zero-order chi connectivity index (χ0) is 56.4. The van der Waals surface area contributed by atoms with Gasteiger partial charge in [0.15, 0.2) is 5.78 Å². The van der Waals surface area contributed by atoms with Crippen LogP contribution in [0.1, 0.15) is 93.7 Å². The second kappa shape index (κ2) is 35.7. The predicted molar refractivity (Wildman–Crippen MR) is 331 cm³/mol. The molecule has 4 heteroatoms. The average molecular weight is 1020 g/mol. The van der Waals surface area contributed by atoms with E-state index in [-0.39, 0.29) is 5.78 Å². The molecular weight excluding hydrogens is 941 g/mol. The molecule has 0 fully saturated rings. The van der Waals surface area contributed by atoms with E-state index in [0.29, 0.717) is 0 Å². The Bertz CT molecular complexity index is 2940. The largest absolute Gasteiger partial charge is 0.497 e. The van der Waals surface area contributed by atoms with Gasteiger partial charge in [-0.15, -0.1) is 0 Å². The molecule has 10 rings (SSSR count). The van der Waals surface area contributed by atoms with Gasteiger partial charge in [-0.1, -0.05) is 260 Å². The summed E-state index contributed by atoms with van der Waals surface area (Å²) < 4.78 is 16.4. The molecule has 4 nitrogen and oxygen atoms in total. The third-order valence-electron chi connectivity index (χ3n) is 11.3. The Morgan fingerprint density at radius 1 is 0.260 bits per heavy atom. The molecule has 10 aromatic carbocycles. The smallest absolute Gasteiger partial charge is 0.193 e. The number of carbonyl (C=O) groups excluding carboxylic acids is 1. The van der Waals surface area contributed by atoms with E-state index in [1.165, 1.54) is 60.8 Å². The molecule has 0 aliphatic heterocycles. The summed E-state index contributed by atoms with van der Waals surface area (Å²) in [4.78, 5) is 12.1. The van der Waals surface area contributed by atoms with Crippen LogP contribution < -0.4 is 14.2 Å². The Morgan fingerprint density at radius 3 is 0.714 bits per heavy atom. The minimum Gasteiger partial charge on any atom is -0.497 e. The molecule has 0 heterocycles. The molecule has 0 amide bonds. The number of benzene rings is 10. The summed E-state index contributed by atoms with van der Waals surface area (Å²) in [5.41, 5.74) is 12.9. The fraction of sp³-hybridized carbons (Fsp3) is 0.192. The summed E-state index contributed by atoms with van der Waals surface area (Å²) in [6.45, 7) is 26.6. The van der Waals surface area contributed by atoms with Crippen LogP contribution in [0.15, 0.2) is 243 Å². The van der Waals surface area contributed by atoms with Gasteiger partial charge in [0.1, 0.15) is 28.7 Å². The van der Waals surface area contributed by atoms with Gasteiger partial charge in [-0.2, -0.15) is 0 Å². The van der Waals surface area contributed by atoms with Crippen molar-refractivity contribution >= 4 is 16.6 Å². The molecule has 77 heavy (non-hydrogen) atoms. The Hall–Kier alpha value is -8.47. The second-order valence-electron chi connectivity index (χ2n) is 18.0. The van der Waals surface area contributed by atoms with Gasteiger partial charge in [0.2, 0.25) is 0 Å². The zero-order valence-electron chi connectivity index (χ0n) is 48.2. The molecule has 0 aliphatic carbocycles. The minimum absolute atomic E-state index is 0.0833. The first-order chi connectivity index (χ1) is 37.2. The molecule has 0 unspecified atom stereocenters. The second-order valence-corrected chi connectivity index (χ2v) is 18.0. The first-order valence-electron chi connectivity index (χ1n) is 26.6. The van der Waals surface area contributed by atoms with Crippen LogP contribution >= 0.6 is 0 Å². The quantitative estimate of drug-likeness (QED) is 0.149. The van der Waals surface area contributed by atoms with Crippen LogP contribution in [-0.4, -0.2) is 12.9 Å². The fourth-order valence-corrected chi connectivity index (χ4v) is 6.89. The zero-order valence-corrected chi connectivity index (χ0v) is 48.2. The van der Waals surface area contributed by atoms with E-state index in [1.807, 2.05) is 187 Å². The van der Waals surface area contributed by atoms with Gasteiger partial charge in [0.05, 0.1) is 7.11 Å². The summed E-state index contributed by atoms with van der Waals surface area (Å²) in [6, 6.07) is 80.6. The molecule has 398 valence electrons. The van der Waals surface area contributed by atoms with E-state index in [9.17, 15) is 4.79 Å². The third-order valence-corrected chi connectivity index (χ3v) is 11.3. The van der Waals surface area contributed by atoms with Gasteiger partial charge in [0.25, 0.3) is 0 Å². The standard InChI is InChI=1S/C15H14O.C14H14O2.C14H14O.C10H8.2C8H10.2C2H6/c1-11-3-7-13(8-4-11)15(16)14-9-5-12(2)6-10-14;1-11-3-5-13(6-4-11)16-14-9-7-12(15-2)8-10-14;1-11-3-7-13(8-4-11)15-14-9-5-12(2)6-10-14;1-2-6-10-8-4-3-7-9(10)5-1;1-7-3-5-8(2)6-4-7;1-7-4-3-5-8(2)6-7;2*1-2/h2*3-10H,1-2H3;3-10H,1-2H3;1-8H;2*3-6H,1-2H3;2*1-2H3. The van der Waals surface area contributed by atoms with Crippen LogP contribution in [0, 0.1) is 62.3 Å². The van der Waals surface area contributed by atoms with Crippen LogP contribution in [-0.2, 0) is 0 Å². The minimum atomic E-state index is 0.0833. The Morgan fingerprint density at radius 2 is 0.481 bits per heavy atom. The van der Waals surface area contributed by atoms with Crippen LogP contribution in [0.25, 0.3) is 10.8 Å². The molecule has 0 radical (unpaired) electrons. The monoisotopic (exact) mass is 1020 g/mol. The predicted octanol–water partition coefficient (Wildman–Crippen LogP) is 20.9. The Labute approximate surface area is 463 Å². The molecule has 0 aliphatic rings. The number of aryl methyl sites for hydroxylation is 9. The fourth-order valence-electron chi connectivity index (χ4n) is 6.89. The first kappa shape index (κ1) is 62.8. The SMILES string of the molecule is CC.CC.COc1ccc(Oc2ccc(C)cc2)cc1.Cc1ccc(C(=O)c2ccc(C)cc2)cc1.Cc1ccc(C)cc1.Cc1ccc(Oc2ccc(C)cc2)cc1.Cc1cccc(C)c1.c1ccc2ccccc2c1. The van der Waals surface area contributed by atoms with Gasteiger partial charge in [-0.3, -0.25) is 4.79 Å². The lowest BCUT2D eigenvalue weighted by Crippen LogP contribution is -2.00. The number of hydrogen-bond donors (Lipinski definition) is 0. The summed E-state index contributed by atoms with van der Waals surface area (Å²) >= 11 is 0. The van der Waals surface area contributed by atoms with E-state index < -0.39 is 0 Å². The number of methoxy groups -OCH3 is 1. The van der Waals surface area contributed by atoms with E-state index in [0.717, 1.165) is 39.9 Å². The number of rotatable bonds is 7. The summed E-state index contributed by atoms with van der Waals surface area (Å²) in [7, 11) is 1.65. The van der Waals surface area contributed by atoms with Crippen LogP contribution in [0.2, 0.25) is 0 Å². The highest BCUT2D eigenvalue weighted by Gasteiger charge is 2.08. The molecule has 10 aromatic rings. The number of fused-ring (bicyclic) bond motifs is 1. The topological polar surface area (TPSA) is 44.8 Å². The van der Waals surface area contributed by atoms with E-state index >= 15 is 0 Å². The average Bonchev–Trinajstić information content (AvgIpc) is 3.46. The molecule has 0 N–H and O–H groups in total.